The molecule has 2 N–H and O–H groups in total. The summed E-state index contributed by atoms with van der Waals surface area (Å²) >= 11 is 0. The highest BCUT2D eigenvalue weighted by molar-refractivity contribution is 7.90. The first-order chi connectivity index (χ1) is 11.2. The van der Waals surface area contributed by atoms with Gasteiger partial charge in [-0.2, -0.15) is 0 Å². The van der Waals surface area contributed by atoms with Gasteiger partial charge in [0.1, 0.15) is 5.82 Å². The molecule has 126 valence electrons. The van der Waals surface area contributed by atoms with Crippen LogP contribution in [0.4, 0.5) is 10.1 Å². The average molecular weight is 350 g/mol. The lowest BCUT2D eigenvalue weighted by molar-refractivity contribution is -0.114. The Morgan fingerprint density at radius 1 is 1.08 bits per heavy atom. The van der Waals surface area contributed by atoms with Crippen molar-refractivity contribution < 1.29 is 22.4 Å². The summed E-state index contributed by atoms with van der Waals surface area (Å²) in [5.41, 5.74) is 0.177. The Bertz CT molecular complexity index is 910. The number of amides is 2. The van der Waals surface area contributed by atoms with Gasteiger partial charge in [0.2, 0.25) is 5.91 Å². The molecule has 0 aliphatic carbocycles. The molecule has 0 atom stereocenters. The van der Waals surface area contributed by atoms with Crippen molar-refractivity contribution in [3.05, 3.63) is 59.4 Å². The van der Waals surface area contributed by atoms with Crippen LogP contribution in [0.2, 0.25) is 0 Å². The van der Waals surface area contributed by atoms with E-state index in [-0.39, 0.29) is 16.1 Å². The highest BCUT2D eigenvalue weighted by Crippen LogP contribution is 2.18. The predicted octanol–water partition coefficient (Wildman–Crippen LogP) is 2.21. The zero-order valence-electron chi connectivity index (χ0n) is 13.0. The Kier molecular flexibility index (Phi) is 4.99. The number of halogens is 1. The smallest absolute Gasteiger partial charge is 0.265 e. The second kappa shape index (κ2) is 6.79. The Hall–Kier alpha value is -2.74. The van der Waals surface area contributed by atoms with Crippen molar-refractivity contribution in [2.75, 3.05) is 5.32 Å². The van der Waals surface area contributed by atoms with Gasteiger partial charge < -0.3 is 5.32 Å². The zero-order chi connectivity index (χ0) is 17.9. The molecule has 8 heteroatoms. The van der Waals surface area contributed by atoms with E-state index in [0.29, 0.717) is 5.56 Å². The van der Waals surface area contributed by atoms with Gasteiger partial charge in [-0.15, -0.1) is 0 Å². The second-order valence-electron chi connectivity index (χ2n) is 5.08. The Morgan fingerprint density at radius 2 is 1.75 bits per heavy atom. The summed E-state index contributed by atoms with van der Waals surface area (Å²) in [7, 11) is -4.06. The van der Waals surface area contributed by atoms with E-state index in [1.807, 2.05) is 4.72 Å². The number of sulfonamides is 1. The van der Waals surface area contributed by atoms with Gasteiger partial charge in [0, 0.05) is 12.5 Å². The van der Waals surface area contributed by atoms with Crippen molar-refractivity contribution >= 4 is 27.5 Å². The van der Waals surface area contributed by atoms with E-state index < -0.39 is 27.7 Å². The van der Waals surface area contributed by atoms with Crippen LogP contribution in [0.15, 0.2) is 47.4 Å². The third kappa shape index (κ3) is 3.96. The van der Waals surface area contributed by atoms with Crippen molar-refractivity contribution in [3.8, 4) is 0 Å². The van der Waals surface area contributed by atoms with Crippen LogP contribution in [0.5, 0.6) is 0 Å². The second-order valence-corrected chi connectivity index (χ2v) is 6.73. The maximum Gasteiger partial charge on any atom is 0.265 e. The number of aryl methyl sites for hydroxylation is 1. The highest BCUT2D eigenvalue weighted by atomic mass is 32.2. The monoisotopic (exact) mass is 350 g/mol. The minimum atomic E-state index is -4.06. The molecule has 0 spiro atoms. The summed E-state index contributed by atoms with van der Waals surface area (Å²) in [6, 6.07) is 9.36. The van der Waals surface area contributed by atoms with Crippen LogP contribution in [0.25, 0.3) is 0 Å². The molecule has 0 bridgehead atoms. The molecule has 2 rings (SSSR count). The van der Waals surface area contributed by atoms with Gasteiger partial charge in [0.05, 0.1) is 10.6 Å². The fourth-order valence-electron chi connectivity index (χ4n) is 2.05. The van der Waals surface area contributed by atoms with E-state index in [2.05, 4.69) is 5.32 Å². The van der Waals surface area contributed by atoms with Gasteiger partial charge in [-0.25, -0.2) is 17.5 Å². The largest absolute Gasteiger partial charge is 0.324 e. The number of rotatable bonds is 4. The Labute approximate surface area is 138 Å². The minimum Gasteiger partial charge on any atom is -0.324 e. The molecule has 0 fully saturated rings. The standard InChI is InChI=1S/C16H15FN2O4S/c1-10-5-3-4-6-15(10)24(22,23)19-16(21)12-7-8-13(17)14(9-12)18-11(2)20/h3-9H,1-2H3,(H,18,20)(H,19,21). The van der Waals surface area contributed by atoms with E-state index in [4.69, 9.17) is 0 Å². The van der Waals surface area contributed by atoms with Gasteiger partial charge in [-0.05, 0) is 36.8 Å². The molecule has 0 aromatic heterocycles. The number of carbonyl (C=O) groups excluding carboxylic acids is 2. The summed E-state index contributed by atoms with van der Waals surface area (Å²) in [6.07, 6.45) is 0. The minimum absolute atomic E-state index is 0.0254. The quantitative estimate of drug-likeness (QED) is 0.884. The molecule has 2 amide bonds. The van der Waals surface area contributed by atoms with Crippen LogP contribution in [0.1, 0.15) is 22.8 Å². The summed E-state index contributed by atoms with van der Waals surface area (Å²) < 4.78 is 40.1. The number of anilines is 1. The van der Waals surface area contributed by atoms with E-state index >= 15 is 0 Å². The molecule has 0 unspecified atom stereocenters. The third-order valence-electron chi connectivity index (χ3n) is 3.15. The van der Waals surface area contributed by atoms with Gasteiger partial charge >= 0.3 is 0 Å². The summed E-state index contributed by atoms with van der Waals surface area (Å²) in [5.74, 6) is -2.17. The van der Waals surface area contributed by atoms with Gasteiger partial charge in [-0.3, -0.25) is 9.59 Å². The van der Waals surface area contributed by atoms with Gasteiger partial charge in [0.25, 0.3) is 15.9 Å². The lowest BCUT2D eigenvalue weighted by Gasteiger charge is -2.10. The van der Waals surface area contributed by atoms with Crippen LogP contribution < -0.4 is 10.0 Å². The maximum atomic E-state index is 13.6. The van der Waals surface area contributed by atoms with E-state index in [0.717, 1.165) is 18.2 Å². The molecule has 0 saturated heterocycles. The number of nitrogens with one attached hydrogen (secondary N) is 2. The molecule has 2 aromatic rings. The van der Waals surface area contributed by atoms with Crippen LogP contribution in [0, 0.1) is 12.7 Å². The van der Waals surface area contributed by atoms with Crippen molar-refractivity contribution in [1.29, 1.82) is 0 Å². The molecule has 6 nitrogen and oxygen atoms in total. The number of hydrogen-bond acceptors (Lipinski definition) is 4. The lowest BCUT2D eigenvalue weighted by atomic mass is 10.2. The molecule has 0 saturated carbocycles. The van der Waals surface area contributed by atoms with E-state index in [1.54, 1.807) is 25.1 Å². The first-order valence-electron chi connectivity index (χ1n) is 6.90. The van der Waals surface area contributed by atoms with E-state index in [9.17, 15) is 22.4 Å². The molecular weight excluding hydrogens is 335 g/mol. The molecular formula is C16H15FN2O4S. The number of carbonyl (C=O) groups is 2. The van der Waals surface area contributed by atoms with Crippen LogP contribution in [-0.4, -0.2) is 20.2 Å². The van der Waals surface area contributed by atoms with Crippen molar-refractivity contribution in [1.82, 2.24) is 4.72 Å². The fraction of sp³-hybridized carbons (Fsp3) is 0.125. The van der Waals surface area contributed by atoms with Crippen LogP contribution in [0.3, 0.4) is 0 Å². The maximum absolute atomic E-state index is 13.6. The molecule has 2 aromatic carbocycles. The van der Waals surface area contributed by atoms with Crippen molar-refractivity contribution in [2.45, 2.75) is 18.7 Å². The third-order valence-corrected chi connectivity index (χ3v) is 4.64. The normalized spacial score (nSPS) is 11.0. The lowest BCUT2D eigenvalue weighted by Crippen LogP contribution is -2.31. The molecule has 0 aliphatic rings. The van der Waals surface area contributed by atoms with Gasteiger partial charge in [-0.1, -0.05) is 18.2 Å². The van der Waals surface area contributed by atoms with Gasteiger partial charge in [0.15, 0.2) is 0 Å². The first-order valence-corrected chi connectivity index (χ1v) is 8.39. The molecule has 24 heavy (non-hydrogen) atoms. The summed E-state index contributed by atoms with van der Waals surface area (Å²) in [6.45, 7) is 2.79. The van der Waals surface area contributed by atoms with Crippen LogP contribution in [-0.2, 0) is 14.8 Å². The Balaban J connectivity index is 2.30. The number of hydrogen-bond donors (Lipinski definition) is 2. The number of benzene rings is 2. The first kappa shape index (κ1) is 17.6. The fourth-order valence-corrected chi connectivity index (χ4v) is 3.27. The topological polar surface area (TPSA) is 92.3 Å². The van der Waals surface area contributed by atoms with Crippen LogP contribution >= 0.6 is 0 Å². The molecule has 0 heterocycles. The summed E-state index contributed by atoms with van der Waals surface area (Å²) in [4.78, 5) is 23.2. The zero-order valence-corrected chi connectivity index (χ0v) is 13.8. The highest BCUT2D eigenvalue weighted by Gasteiger charge is 2.21. The SMILES string of the molecule is CC(=O)Nc1cc(C(=O)NS(=O)(=O)c2ccccc2C)ccc1F. The average Bonchev–Trinajstić information content (AvgIpc) is 2.48. The van der Waals surface area contributed by atoms with Crippen molar-refractivity contribution in [2.24, 2.45) is 0 Å². The molecule has 0 radical (unpaired) electrons. The van der Waals surface area contributed by atoms with Crippen molar-refractivity contribution in [3.63, 3.8) is 0 Å². The Morgan fingerprint density at radius 3 is 2.38 bits per heavy atom. The molecule has 0 aliphatic heterocycles. The summed E-state index contributed by atoms with van der Waals surface area (Å²) in [5, 5.41) is 2.23. The van der Waals surface area contributed by atoms with E-state index in [1.165, 1.54) is 13.0 Å². The predicted molar refractivity (Wildman–Crippen MR) is 86.5 cm³/mol.